The maximum atomic E-state index is 13.7. The summed E-state index contributed by atoms with van der Waals surface area (Å²) in [6, 6.07) is 48.3. The van der Waals surface area contributed by atoms with Crippen LogP contribution in [0.25, 0.3) is 0 Å². The summed E-state index contributed by atoms with van der Waals surface area (Å²) >= 11 is 0. The molecule has 27 heteroatoms. The van der Waals surface area contributed by atoms with Gasteiger partial charge in [-0.2, -0.15) is 0 Å². The summed E-state index contributed by atoms with van der Waals surface area (Å²) < 4.78 is 33.1. The second-order valence-corrected chi connectivity index (χ2v) is 28.1. The summed E-state index contributed by atoms with van der Waals surface area (Å²) in [6.07, 6.45) is 3.93. The maximum Gasteiger partial charge on any atom is 0.337 e. The smallest absolute Gasteiger partial charge is 0.337 e. The number of nitro groups is 3. The number of piperidine rings is 3. The zero-order valence-corrected chi connectivity index (χ0v) is 63.7. The summed E-state index contributed by atoms with van der Waals surface area (Å²) in [5.74, 6) is -6.13. The second-order valence-electron chi connectivity index (χ2n) is 28.1. The van der Waals surface area contributed by atoms with Gasteiger partial charge in [0.1, 0.15) is 18.3 Å². The Balaban J connectivity index is 0.000000177. The van der Waals surface area contributed by atoms with E-state index in [1.165, 1.54) is 74.4 Å². The molecule has 27 nitrogen and oxygen atoms in total. The molecule has 6 heterocycles. The van der Waals surface area contributed by atoms with Gasteiger partial charge in [-0.3, -0.25) is 45.0 Å². The van der Waals surface area contributed by atoms with Gasteiger partial charge in [-0.15, -0.1) is 0 Å². The summed E-state index contributed by atoms with van der Waals surface area (Å²) in [5.41, 5.74) is 9.03. The van der Waals surface area contributed by atoms with Crippen LogP contribution in [0, 0.1) is 30.3 Å². The quantitative estimate of drug-likeness (QED) is 0.0261. The molecule has 3 N–H and O–H groups in total. The van der Waals surface area contributed by atoms with Crippen molar-refractivity contribution in [3.05, 3.63) is 295 Å². The first-order valence-electron chi connectivity index (χ1n) is 36.8. The molecule has 582 valence electrons. The number of methoxy groups -OCH3 is 3. The lowest BCUT2D eigenvalue weighted by molar-refractivity contribution is -0.385. The van der Waals surface area contributed by atoms with Crippen molar-refractivity contribution in [1.82, 2.24) is 30.7 Å². The molecule has 6 aliphatic rings. The minimum Gasteiger partial charge on any atom is -0.466 e. The van der Waals surface area contributed by atoms with Gasteiger partial charge >= 0.3 is 35.8 Å². The van der Waals surface area contributed by atoms with Crippen LogP contribution < -0.4 is 16.0 Å². The molecule has 0 radical (unpaired) electrons. The highest BCUT2D eigenvalue weighted by Crippen LogP contribution is 2.44. The highest BCUT2D eigenvalue weighted by Gasteiger charge is 2.43. The SMILES string of the molecule is COC(=O)C1=C(C)NC(C)=C(C(=O)O[C@@H]2CCCN(Cc3ccccc3)C2)[C@@H]1c1cccc([N+](=O)[O-])c1.COC(=O)C1=C(C)NC(C)=C(C(=O)O[C@@H]2CCCN(Cc3ccccc3)C2)[C@@H]1c1cccc([N+](=O)[O-])c1.COC(=O)C1=C(C)NC(C)=C(C(=O)O[C@@H]2CCCN(Cc3ccccc3)C2)[C@@H]1c1cccc([N+](=O)[O-])c1. The molecule has 3 fully saturated rings. The number of dihydropyridines is 3. The van der Waals surface area contributed by atoms with E-state index in [0.29, 0.717) is 70.5 Å². The Morgan fingerprint density at radius 1 is 0.351 bits per heavy atom. The Kier molecular flexibility index (Phi) is 27.9. The van der Waals surface area contributed by atoms with E-state index in [4.69, 9.17) is 28.4 Å². The number of rotatable bonds is 21. The Labute approximate surface area is 644 Å². The van der Waals surface area contributed by atoms with Gasteiger partial charge in [0.25, 0.3) is 17.1 Å². The average molecular weight is 1520 g/mol. The first-order chi connectivity index (χ1) is 53.3. The van der Waals surface area contributed by atoms with Gasteiger partial charge in [0.05, 0.1) is 87.3 Å². The monoisotopic (exact) mass is 1520 g/mol. The number of hydrogen-bond acceptors (Lipinski definition) is 24. The molecule has 0 aromatic heterocycles. The molecule has 6 aromatic rings. The second kappa shape index (κ2) is 37.9. The van der Waals surface area contributed by atoms with Crippen molar-refractivity contribution in [3.63, 3.8) is 0 Å². The number of allylic oxidation sites excluding steroid dienone is 6. The van der Waals surface area contributed by atoms with Gasteiger partial charge in [-0.05, 0) is 133 Å². The minimum absolute atomic E-state index is 0.132. The molecular formula is C84H93N9O18. The van der Waals surface area contributed by atoms with Gasteiger partial charge in [0.2, 0.25) is 0 Å². The van der Waals surface area contributed by atoms with Gasteiger partial charge in [-0.25, -0.2) is 28.8 Å². The van der Waals surface area contributed by atoms with E-state index in [1.807, 2.05) is 54.6 Å². The van der Waals surface area contributed by atoms with Gasteiger partial charge < -0.3 is 44.4 Å². The lowest BCUT2D eigenvalue weighted by atomic mass is 9.80. The van der Waals surface area contributed by atoms with Crippen LogP contribution in [0.3, 0.4) is 0 Å². The molecule has 111 heavy (non-hydrogen) atoms. The van der Waals surface area contributed by atoms with E-state index in [0.717, 1.165) is 77.8 Å². The zero-order valence-electron chi connectivity index (χ0n) is 63.7. The number of esters is 6. The third-order valence-electron chi connectivity index (χ3n) is 20.4. The highest BCUT2D eigenvalue weighted by molar-refractivity contribution is 6.02. The van der Waals surface area contributed by atoms with Crippen LogP contribution >= 0.6 is 0 Å². The number of likely N-dealkylation sites (tertiary alicyclic amines) is 3. The fourth-order valence-corrected chi connectivity index (χ4v) is 15.3. The summed E-state index contributed by atoms with van der Waals surface area (Å²) in [5, 5.41) is 43.7. The van der Waals surface area contributed by atoms with Crippen LogP contribution in [-0.2, 0) is 76.8 Å². The lowest BCUT2D eigenvalue weighted by Crippen LogP contribution is -2.41. The van der Waals surface area contributed by atoms with Crippen LogP contribution in [0.5, 0.6) is 0 Å². The average Bonchev–Trinajstić information content (AvgIpc) is 0.773. The molecule has 3 saturated heterocycles. The van der Waals surface area contributed by atoms with E-state index in [9.17, 15) is 59.1 Å². The Bertz CT molecular complexity index is 4220. The van der Waals surface area contributed by atoms with Crippen LogP contribution in [-0.4, -0.2) is 144 Å². The van der Waals surface area contributed by atoms with Crippen molar-refractivity contribution in [2.75, 3.05) is 60.6 Å². The van der Waals surface area contributed by atoms with Crippen LogP contribution in [0.4, 0.5) is 17.1 Å². The normalized spacial score (nSPS) is 20.3. The topological polar surface area (TPSA) is 333 Å². The van der Waals surface area contributed by atoms with Crippen LogP contribution in [0.1, 0.15) is 131 Å². The van der Waals surface area contributed by atoms with Crippen molar-refractivity contribution >= 4 is 52.9 Å². The number of nitro benzene ring substituents is 3. The summed E-state index contributed by atoms with van der Waals surface area (Å²) in [6.45, 7) is 17.2. The summed E-state index contributed by atoms with van der Waals surface area (Å²) in [7, 11) is 3.79. The molecule has 0 unspecified atom stereocenters. The van der Waals surface area contributed by atoms with Crippen LogP contribution in [0.15, 0.2) is 231 Å². The number of benzene rings is 6. The molecule has 12 rings (SSSR count). The highest BCUT2D eigenvalue weighted by atomic mass is 16.6. The van der Waals surface area contributed by atoms with Crippen molar-refractivity contribution in [2.45, 2.75) is 136 Å². The van der Waals surface area contributed by atoms with Gasteiger partial charge in [-0.1, -0.05) is 127 Å². The predicted octanol–water partition coefficient (Wildman–Crippen LogP) is 12.6. The van der Waals surface area contributed by atoms with Crippen molar-refractivity contribution in [1.29, 1.82) is 0 Å². The number of carbonyl (C=O) groups excluding carboxylic acids is 6. The molecule has 0 bridgehead atoms. The fraction of sp³-hybridized carbons (Fsp3) is 0.357. The molecule has 0 aliphatic carbocycles. The number of ether oxygens (including phenoxy) is 6. The molecule has 0 amide bonds. The van der Waals surface area contributed by atoms with Crippen molar-refractivity contribution < 1.29 is 72.0 Å². The minimum atomic E-state index is -0.870. The van der Waals surface area contributed by atoms with Crippen molar-refractivity contribution in [2.24, 2.45) is 0 Å². The molecule has 6 aromatic carbocycles. The Morgan fingerprint density at radius 2 is 0.586 bits per heavy atom. The first-order valence-corrected chi connectivity index (χ1v) is 36.8. The number of nitrogens with one attached hydrogen (secondary N) is 3. The molecular weight excluding hydrogens is 1420 g/mol. The van der Waals surface area contributed by atoms with Gasteiger partial charge in [0, 0.05) is 110 Å². The van der Waals surface area contributed by atoms with E-state index in [2.05, 4.69) is 67.0 Å². The van der Waals surface area contributed by atoms with E-state index >= 15 is 0 Å². The standard InChI is InChI=1S/3C28H31N3O6/c3*1-18-24(27(32)36-3)26(21-11-7-12-22(15-21)31(34)35)25(19(2)29-18)28(33)37-23-13-8-14-30(17-23)16-20-9-5-4-6-10-20/h3*4-7,9-12,15,23,26,29H,8,13-14,16-17H2,1-3H3/t3*23-,26-/m111/s1. The van der Waals surface area contributed by atoms with Crippen LogP contribution in [0.2, 0.25) is 0 Å². The number of hydrogen-bond donors (Lipinski definition) is 3. The molecule has 6 aliphatic heterocycles. The fourth-order valence-electron chi connectivity index (χ4n) is 15.3. The Hall–Kier alpha value is -11.9. The third-order valence-corrected chi connectivity index (χ3v) is 20.4. The summed E-state index contributed by atoms with van der Waals surface area (Å²) in [4.78, 5) is 119. The number of carbonyl (C=O) groups is 6. The maximum absolute atomic E-state index is 13.7. The molecule has 6 atom stereocenters. The lowest BCUT2D eigenvalue weighted by Gasteiger charge is -2.34. The first kappa shape index (κ1) is 81.6. The van der Waals surface area contributed by atoms with Gasteiger partial charge in [0.15, 0.2) is 0 Å². The third kappa shape index (κ3) is 20.5. The molecule has 0 spiro atoms. The van der Waals surface area contributed by atoms with E-state index < -0.39 is 68.3 Å². The van der Waals surface area contributed by atoms with E-state index in [1.54, 1.807) is 77.9 Å². The predicted molar refractivity (Wildman–Crippen MR) is 412 cm³/mol. The van der Waals surface area contributed by atoms with E-state index in [-0.39, 0.29) is 68.8 Å². The number of nitrogens with zero attached hydrogens (tertiary/aromatic N) is 6. The Morgan fingerprint density at radius 3 is 0.811 bits per heavy atom. The zero-order chi connectivity index (χ0) is 79.6. The largest absolute Gasteiger partial charge is 0.466 e. The molecule has 0 saturated carbocycles. The van der Waals surface area contributed by atoms with Crippen molar-refractivity contribution in [3.8, 4) is 0 Å². The number of non-ortho nitro benzene ring substituents is 3.